The van der Waals surface area contributed by atoms with Crippen LogP contribution in [-0.2, 0) is 24.2 Å². The lowest BCUT2D eigenvalue weighted by molar-refractivity contribution is -0.123. The minimum atomic E-state index is -0.265. The molecule has 3 aromatic rings. The SMILES string of the molecule is Cc1cnc(CNC(=O)COc2ccc3c4c(c(=O)oc3c2C)CCCC4)cn1. The van der Waals surface area contributed by atoms with Gasteiger partial charge in [0, 0.05) is 22.7 Å². The second-order valence-electron chi connectivity index (χ2n) is 7.33. The maximum Gasteiger partial charge on any atom is 0.339 e. The Bertz CT molecular complexity index is 1120. The molecule has 0 saturated heterocycles. The maximum absolute atomic E-state index is 12.4. The monoisotopic (exact) mass is 393 g/mol. The van der Waals surface area contributed by atoms with Crippen molar-refractivity contribution in [3.8, 4) is 5.75 Å². The van der Waals surface area contributed by atoms with Crippen molar-refractivity contribution in [2.75, 3.05) is 6.61 Å². The van der Waals surface area contributed by atoms with Gasteiger partial charge in [-0.1, -0.05) is 0 Å². The smallest absolute Gasteiger partial charge is 0.339 e. The minimum Gasteiger partial charge on any atom is -0.483 e. The van der Waals surface area contributed by atoms with Crippen molar-refractivity contribution in [3.63, 3.8) is 0 Å². The first-order valence-corrected chi connectivity index (χ1v) is 9.78. The molecule has 1 N–H and O–H groups in total. The van der Waals surface area contributed by atoms with Crippen molar-refractivity contribution in [1.82, 2.24) is 15.3 Å². The van der Waals surface area contributed by atoms with E-state index < -0.39 is 0 Å². The van der Waals surface area contributed by atoms with E-state index in [4.69, 9.17) is 9.15 Å². The first kappa shape index (κ1) is 19.1. The number of benzene rings is 1. The van der Waals surface area contributed by atoms with Gasteiger partial charge in [0.1, 0.15) is 11.3 Å². The second kappa shape index (κ2) is 8.03. The molecule has 2 aromatic heterocycles. The highest BCUT2D eigenvalue weighted by molar-refractivity contribution is 5.86. The summed E-state index contributed by atoms with van der Waals surface area (Å²) >= 11 is 0. The Kier molecular flexibility index (Phi) is 5.29. The van der Waals surface area contributed by atoms with Crippen LogP contribution in [-0.4, -0.2) is 22.5 Å². The largest absolute Gasteiger partial charge is 0.483 e. The number of ether oxygens (including phenoxy) is 1. The van der Waals surface area contributed by atoms with Crippen molar-refractivity contribution < 1.29 is 13.9 Å². The van der Waals surface area contributed by atoms with Gasteiger partial charge in [0.05, 0.1) is 24.1 Å². The Balaban J connectivity index is 1.47. The summed E-state index contributed by atoms with van der Waals surface area (Å²) in [6, 6.07) is 3.76. The summed E-state index contributed by atoms with van der Waals surface area (Å²) in [5.41, 5.74) is 4.41. The van der Waals surface area contributed by atoms with Crippen molar-refractivity contribution in [2.45, 2.75) is 46.1 Å². The summed E-state index contributed by atoms with van der Waals surface area (Å²) in [7, 11) is 0. The lowest BCUT2D eigenvalue weighted by Gasteiger charge is -2.18. The van der Waals surface area contributed by atoms with E-state index in [9.17, 15) is 9.59 Å². The first-order chi connectivity index (χ1) is 14.0. The molecule has 0 aliphatic heterocycles. The third kappa shape index (κ3) is 3.99. The molecule has 0 spiro atoms. The standard InChI is InChI=1S/C22H23N3O4/c1-13-9-24-15(10-23-13)11-25-20(26)12-28-19-8-7-17-16-5-3-4-6-18(16)22(27)29-21(17)14(19)2/h7-10H,3-6,11-12H2,1-2H3,(H,25,26). The Hall–Kier alpha value is -3.22. The number of hydrogen-bond donors (Lipinski definition) is 1. The molecule has 0 bridgehead atoms. The molecule has 7 nitrogen and oxygen atoms in total. The molecule has 2 heterocycles. The van der Waals surface area contributed by atoms with E-state index in [-0.39, 0.29) is 24.7 Å². The van der Waals surface area contributed by atoms with Gasteiger partial charge >= 0.3 is 5.63 Å². The highest BCUT2D eigenvalue weighted by atomic mass is 16.5. The Morgan fingerprint density at radius 3 is 2.69 bits per heavy atom. The van der Waals surface area contributed by atoms with Gasteiger partial charge in [0.15, 0.2) is 6.61 Å². The van der Waals surface area contributed by atoms with E-state index in [0.29, 0.717) is 17.0 Å². The van der Waals surface area contributed by atoms with Crippen molar-refractivity contribution in [1.29, 1.82) is 0 Å². The van der Waals surface area contributed by atoms with Gasteiger partial charge in [-0.05, 0) is 57.2 Å². The fourth-order valence-electron chi connectivity index (χ4n) is 3.68. The van der Waals surface area contributed by atoms with Crippen LogP contribution < -0.4 is 15.7 Å². The summed E-state index contributed by atoms with van der Waals surface area (Å²) in [6.07, 6.45) is 7.05. The van der Waals surface area contributed by atoms with Gasteiger partial charge in [0.25, 0.3) is 5.91 Å². The number of amides is 1. The predicted molar refractivity (Wildman–Crippen MR) is 108 cm³/mol. The highest BCUT2D eigenvalue weighted by Crippen LogP contribution is 2.32. The average molecular weight is 393 g/mol. The molecule has 1 aliphatic carbocycles. The van der Waals surface area contributed by atoms with Crippen molar-refractivity contribution in [3.05, 3.63) is 63.0 Å². The summed E-state index contributed by atoms with van der Waals surface area (Å²) < 4.78 is 11.3. The molecule has 29 heavy (non-hydrogen) atoms. The van der Waals surface area contributed by atoms with Crippen LogP contribution in [0.4, 0.5) is 0 Å². The molecule has 7 heteroatoms. The Morgan fingerprint density at radius 2 is 1.93 bits per heavy atom. The molecule has 1 amide bonds. The zero-order valence-corrected chi connectivity index (χ0v) is 16.6. The molecule has 4 rings (SSSR count). The summed E-state index contributed by atoms with van der Waals surface area (Å²) in [4.78, 5) is 32.8. The van der Waals surface area contributed by atoms with Crippen LogP contribution in [0.25, 0.3) is 11.0 Å². The van der Waals surface area contributed by atoms with Crippen molar-refractivity contribution in [2.24, 2.45) is 0 Å². The number of fused-ring (bicyclic) bond motifs is 3. The molecule has 0 fully saturated rings. The molecular weight excluding hydrogens is 370 g/mol. The second-order valence-corrected chi connectivity index (χ2v) is 7.33. The minimum absolute atomic E-state index is 0.138. The molecule has 0 unspecified atom stereocenters. The Morgan fingerprint density at radius 1 is 1.14 bits per heavy atom. The first-order valence-electron chi connectivity index (χ1n) is 9.78. The fraction of sp³-hybridized carbons (Fsp3) is 0.364. The van der Waals surface area contributed by atoms with E-state index in [1.807, 2.05) is 26.0 Å². The molecule has 150 valence electrons. The van der Waals surface area contributed by atoms with Gasteiger partial charge in [-0.2, -0.15) is 0 Å². The van der Waals surface area contributed by atoms with E-state index in [1.165, 1.54) is 0 Å². The van der Waals surface area contributed by atoms with Gasteiger partial charge in [-0.15, -0.1) is 0 Å². The lowest BCUT2D eigenvalue weighted by Crippen LogP contribution is -2.29. The number of hydrogen-bond acceptors (Lipinski definition) is 6. The van der Waals surface area contributed by atoms with E-state index >= 15 is 0 Å². The van der Waals surface area contributed by atoms with Gasteiger partial charge in [0.2, 0.25) is 0 Å². The fourth-order valence-corrected chi connectivity index (χ4v) is 3.68. The van der Waals surface area contributed by atoms with Crippen LogP contribution in [0.2, 0.25) is 0 Å². The molecule has 0 radical (unpaired) electrons. The number of nitrogens with zero attached hydrogens (tertiary/aromatic N) is 2. The normalized spacial score (nSPS) is 13.2. The zero-order chi connectivity index (χ0) is 20.4. The van der Waals surface area contributed by atoms with Crippen LogP contribution in [0.5, 0.6) is 5.75 Å². The number of aromatic nitrogens is 2. The van der Waals surface area contributed by atoms with E-state index in [1.54, 1.807) is 12.4 Å². The Labute approximate surface area is 168 Å². The summed E-state index contributed by atoms with van der Waals surface area (Å²) in [5.74, 6) is 0.264. The third-order valence-corrected chi connectivity index (χ3v) is 5.25. The number of aryl methyl sites for hydroxylation is 3. The highest BCUT2D eigenvalue weighted by Gasteiger charge is 2.20. The molecule has 0 atom stereocenters. The van der Waals surface area contributed by atoms with E-state index in [2.05, 4.69) is 15.3 Å². The third-order valence-electron chi connectivity index (χ3n) is 5.25. The van der Waals surface area contributed by atoms with Crippen molar-refractivity contribution >= 4 is 16.9 Å². The number of carbonyl (C=O) groups is 1. The van der Waals surface area contributed by atoms with E-state index in [0.717, 1.165) is 53.5 Å². The quantitative estimate of drug-likeness (QED) is 0.670. The average Bonchev–Trinajstić information content (AvgIpc) is 2.73. The number of nitrogens with one attached hydrogen (secondary N) is 1. The van der Waals surface area contributed by atoms with Crippen LogP contribution in [0.3, 0.4) is 0 Å². The van der Waals surface area contributed by atoms with Crippen LogP contribution in [0, 0.1) is 13.8 Å². The number of carbonyl (C=O) groups excluding carboxylic acids is 1. The predicted octanol–water partition coefficient (Wildman–Crippen LogP) is 2.77. The zero-order valence-electron chi connectivity index (χ0n) is 16.6. The van der Waals surface area contributed by atoms with Crippen LogP contribution in [0.1, 0.15) is 40.9 Å². The van der Waals surface area contributed by atoms with Gasteiger partial charge in [-0.25, -0.2) is 4.79 Å². The molecule has 1 aromatic carbocycles. The lowest BCUT2D eigenvalue weighted by atomic mass is 9.90. The summed E-state index contributed by atoms with van der Waals surface area (Å²) in [6.45, 7) is 3.84. The number of rotatable bonds is 5. The molecule has 1 aliphatic rings. The molecule has 0 saturated carbocycles. The van der Waals surface area contributed by atoms with Gasteiger partial charge in [-0.3, -0.25) is 14.8 Å². The van der Waals surface area contributed by atoms with Crippen LogP contribution in [0.15, 0.2) is 33.7 Å². The van der Waals surface area contributed by atoms with Crippen LogP contribution >= 0.6 is 0 Å². The topological polar surface area (TPSA) is 94.3 Å². The van der Waals surface area contributed by atoms with Gasteiger partial charge < -0.3 is 14.5 Å². The molecular formula is C22H23N3O4. The summed E-state index contributed by atoms with van der Waals surface area (Å²) in [5, 5.41) is 3.72. The maximum atomic E-state index is 12.4.